The normalized spacial score (nSPS) is 24.5. The molecule has 162 valence electrons. The van der Waals surface area contributed by atoms with Crippen molar-refractivity contribution in [2.45, 2.75) is 57.3 Å². The molecular formula is C24H28N4O3. The molecule has 0 radical (unpaired) electrons. The first-order chi connectivity index (χ1) is 14.6. The Hall–Kier alpha value is -3.19. The number of hydrogen-bond donors (Lipinski definition) is 4. The molecule has 1 heterocycles. The van der Waals surface area contributed by atoms with Gasteiger partial charge < -0.3 is 15.7 Å². The molecule has 4 rings (SSSR count). The molecule has 31 heavy (non-hydrogen) atoms. The van der Waals surface area contributed by atoms with Crippen molar-refractivity contribution < 1.29 is 14.7 Å². The molecule has 0 saturated carbocycles. The van der Waals surface area contributed by atoms with Crippen LogP contribution in [0, 0.1) is 5.41 Å². The Morgan fingerprint density at radius 2 is 1.94 bits per heavy atom. The number of nitrogens with one attached hydrogen (secondary N) is 3. The molecule has 7 nitrogen and oxygen atoms in total. The first-order valence-corrected chi connectivity index (χ1v) is 10.4. The lowest BCUT2D eigenvalue weighted by molar-refractivity contribution is -0.130. The van der Waals surface area contributed by atoms with E-state index in [0.29, 0.717) is 18.4 Å². The maximum Gasteiger partial charge on any atom is 0.251 e. The van der Waals surface area contributed by atoms with Crippen molar-refractivity contribution in [1.82, 2.24) is 15.5 Å². The van der Waals surface area contributed by atoms with Gasteiger partial charge in [-0.2, -0.15) is 0 Å². The molecule has 2 aromatic carbocycles. The summed E-state index contributed by atoms with van der Waals surface area (Å²) in [4.78, 5) is 26.9. The Kier molecular flexibility index (Phi) is 5.09. The van der Waals surface area contributed by atoms with Gasteiger partial charge in [0.05, 0.1) is 18.2 Å². The molecule has 2 aliphatic rings. The van der Waals surface area contributed by atoms with Crippen molar-refractivity contribution in [3.8, 4) is 0 Å². The van der Waals surface area contributed by atoms with Gasteiger partial charge >= 0.3 is 0 Å². The largest absolute Gasteiger partial charge is 0.387 e. The second-order valence-electron chi connectivity index (χ2n) is 9.35. The molecule has 4 N–H and O–H groups in total. The van der Waals surface area contributed by atoms with Crippen LogP contribution in [0.4, 0.5) is 0 Å². The molecule has 0 spiro atoms. The standard InChI is InChI=1S/C24H28N4O3/c1-23(2)13-19(29)28(22(25)27-23)14-15-7-6-9-16(11-15)21(30)26-20-18-10-5-4-8-17(18)12-24(20,3)31/h4-11,20,31H,12-14H2,1-3H3,(H2,25,27)(H,26,30)/t20-,24?/m1/s1. The van der Waals surface area contributed by atoms with E-state index in [0.717, 1.165) is 16.7 Å². The number of carbonyl (C=O) groups is 2. The van der Waals surface area contributed by atoms with Crippen LogP contribution in [0.3, 0.4) is 0 Å². The first kappa shape index (κ1) is 21.1. The fourth-order valence-electron chi connectivity index (χ4n) is 4.44. The number of nitrogens with zero attached hydrogens (tertiary/aromatic N) is 1. The Morgan fingerprint density at radius 3 is 2.68 bits per heavy atom. The van der Waals surface area contributed by atoms with Crippen molar-refractivity contribution >= 4 is 17.8 Å². The van der Waals surface area contributed by atoms with Crippen LogP contribution in [-0.2, 0) is 17.8 Å². The average Bonchev–Trinajstić information content (AvgIpc) is 2.94. The van der Waals surface area contributed by atoms with Crippen molar-refractivity contribution in [3.05, 3.63) is 70.8 Å². The minimum absolute atomic E-state index is 0.0646. The van der Waals surface area contributed by atoms with Gasteiger partial charge in [0.15, 0.2) is 5.96 Å². The molecule has 2 amide bonds. The summed E-state index contributed by atoms with van der Waals surface area (Å²) in [6.45, 7) is 5.72. The highest BCUT2D eigenvalue weighted by Gasteiger charge is 2.42. The number of rotatable bonds is 4. The van der Waals surface area contributed by atoms with Gasteiger partial charge in [-0.1, -0.05) is 36.4 Å². The molecule has 2 atom stereocenters. The van der Waals surface area contributed by atoms with Crippen LogP contribution in [-0.4, -0.2) is 38.9 Å². The van der Waals surface area contributed by atoms with E-state index in [1.807, 2.05) is 44.2 Å². The molecule has 0 aromatic heterocycles. The fourth-order valence-corrected chi connectivity index (χ4v) is 4.44. The quantitative estimate of drug-likeness (QED) is 0.610. The van der Waals surface area contributed by atoms with E-state index < -0.39 is 17.2 Å². The molecule has 2 aromatic rings. The maximum absolute atomic E-state index is 13.0. The minimum atomic E-state index is -1.06. The summed E-state index contributed by atoms with van der Waals surface area (Å²) in [5.74, 6) is -0.347. The summed E-state index contributed by atoms with van der Waals surface area (Å²) in [6.07, 6.45) is 0.780. The van der Waals surface area contributed by atoms with E-state index >= 15 is 0 Å². The molecule has 1 aliphatic heterocycles. The summed E-state index contributed by atoms with van der Waals surface area (Å²) in [5, 5.41) is 25.0. The molecular weight excluding hydrogens is 392 g/mol. The van der Waals surface area contributed by atoms with Gasteiger partial charge in [-0.3, -0.25) is 19.9 Å². The lowest BCUT2D eigenvalue weighted by atomic mass is 9.96. The van der Waals surface area contributed by atoms with E-state index in [1.54, 1.807) is 25.1 Å². The van der Waals surface area contributed by atoms with E-state index in [2.05, 4.69) is 10.6 Å². The van der Waals surface area contributed by atoms with Crippen LogP contribution in [0.25, 0.3) is 0 Å². The third-order valence-electron chi connectivity index (χ3n) is 5.96. The molecule has 1 saturated heterocycles. The van der Waals surface area contributed by atoms with Crippen LogP contribution in [0.15, 0.2) is 48.5 Å². The van der Waals surface area contributed by atoms with Gasteiger partial charge in [0, 0.05) is 23.9 Å². The van der Waals surface area contributed by atoms with Crippen molar-refractivity contribution in [2.75, 3.05) is 0 Å². The molecule has 1 fully saturated rings. The predicted molar refractivity (Wildman–Crippen MR) is 118 cm³/mol. The van der Waals surface area contributed by atoms with Crippen LogP contribution < -0.4 is 10.6 Å². The lowest BCUT2D eigenvalue weighted by Gasteiger charge is -2.38. The third-order valence-corrected chi connectivity index (χ3v) is 5.96. The van der Waals surface area contributed by atoms with E-state index in [9.17, 15) is 14.7 Å². The van der Waals surface area contributed by atoms with Crippen LogP contribution >= 0.6 is 0 Å². The highest BCUT2D eigenvalue weighted by molar-refractivity contribution is 5.99. The van der Waals surface area contributed by atoms with Crippen molar-refractivity contribution in [2.24, 2.45) is 0 Å². The van der Waals surface area contributed by atoms with Gasteiger partial charge in [0.1, 0.15) is 0 Å². The third kappa shape index (κ3) is 4.18. The van der Waals surface area contributed by atoms with E-state index in [1.165, 1.54) is 4.90 Å². The SMILES string of the molecule is CC1(C)CC(=O)N(Cc2cccc(C(=O)N[C@@H]3c4ccccc4CC3(C)O)c2)C(=N)N1. The fraction of sp³-hybridized carbons (Fsp3) is 0.375. The van der Waals surface area contributed by atoms with Crippen LogP contribution in [0.5, 0.6) is 0 Å². The molecule has 7 heteroatoms. The van der Waals surface area contributed by atoms with Crippen LogP contribution in [0.1, 0.15) is 60.3 Å². The topological polar surface area (TPSA) is 106 Å². The number of guanidine groups is 1. The molecule has 0 bridgehead atoms. The smallest absolute Gasteiger partial charge is 0.251 e. The number of carbonyl (C=O) groups excluding carboxylic acids is 2. The van der Waals surface area contributed by atoms with Gasteiger partial charge in [-0.25, -0.2) is 0 Å². The summed E-state index contributed by atoms with van der Waals surface area (Å²) >= 11 is 0. The second-order valence-corrected chi connectivity index (χ2v) is 9.35. The summed E-state index contributed by atoms with van der Waals surface area (Å²) in [6, 6.07) is 14.3. The van der Waals surface area contributed by atoms with Gasteiger partial charge in [-0.15, -0.1) is 0 Å². The zero-order valence-corrected chi connectivity index (χ0v) is 18.0. The molecule has 1 unspecified atom stereocenters. The second kappa shape index (κ2) is 7.50. The monoisotopic (exact) mass is 420 g/mol. The number of amides is 2. The zero-order valence-electron chi connectivity index (χ0n) is 18.0. The first-order valence-electron chi connectivity index (χ1n) is 10.4. The van der Waals surface area contributed by atoms with Gasteiger partial charge in [0.25, 0.3) is 5.91 Å². The van der Waals surface area contributed by atoms with E-state index in [4.69, 9.17) is 5.41 Å². The predicted octanol–water partition coefficient (Wildman–Crippen LogP) is 2.50. The van der Waals surface area contributed by atoms with Crippen LogP contribution in [0.2, 0.25) is 0 Å². The highest BCUT2D eigenvalue weighted by Crippen LogP contribution is 2.39. The summed E-state index contributed by atoms with van der Waals surface area (Å²) in [5.41, 5.74) is 1.65. The number of fused-ring (bicyclic) bond motifs is 1. The minimum Gasteiger partial charge on any atom is -0.387 e. The van der Waals surface area contributed by atoms with Gasteiger partial charge in [0.2, 0.25) is 5.91 Å². The van der Waals surface area contributed by atoms with Gasteiger partial charge in [-0.05, 0) is 49.6 Å². The Balaban J connectivity index is 1.50. The Labute approximate surface area is 182 Å². The van der Waals surface area contributed by atoms with Crippen molar-refractivity contribution in [3.63, 3.8) is 0 Å². The maximum atomic E-state index is 13.0. The highest BCUT2D eigenvalue weighted by atomic mass is 16.3. The number of benzene rings is 2. The Morgan fingerprint density at radius 1 is 1.19 bits per heavy atom. The number of hydrogen-bond acceptors (Lipinski definition) is 4. The summed E-state index contributed by atoms with van der Waals surface area (Å²) in [7, 11) is 0. The Bertz CT molecular complexity index is 1040. The molecule has 1 aliphatic carbocycles. The van der Waals surface area contributed by atoms with Crippen molar-refractivity contribution in [1.29, 1.82) is 5.41 Å². The number of aliphatic hydroxyl groups is 1. The van der Waals surface area contributed by atoms with E-state index in [-0.39, 0.29) is 24.3 Å². The average molecular weight is 421 g/mol. The zero-order chi connectivity index (χ0) is 22.4. The summed E-state index contributed by atoms with van der Waals surface area (Å²) < 4.78 is 0. The lowest BCUT2D eigenvalue weighted by Crippen LogP contribution is -2.59.